The Morgan fingerprint density at radius 2 is 2.06 bits per heavy atom. The van der Waals surface area contributed by atoms with Crippen LogP contribution in [0.3, 0.4) is 0 Å². The molecule has 0 amide bonds. The van der Waals surface area contributed by atoms with E-state index in [-0.39, 0.29) is 18.6 Å². The lowest BCUT2D eigenvalue weighted by Gasteiger charge is -2.35. The smallest absolute Gasteiger partial charge is 0.400 e. The molecule has 106 valence electrons. The molecule has 0 aromatic heterocycles. The van der Waals surface area contributed by atoms with E-state index in [4.69, 9.17) is 16.0 Å². The predicted octanol–water partition coefficient (Wildman–Crippen LogP) is 0.614. The Balaban J connectivity index is 2.50. The van der Waals surface area contributed by atoms with Crippen molar-refractivity contribution in [2.24, 2.45) is 22.7 Å². The van der Waals surface area contributed by atoms with Crippen LogP contribution in [-0.4, -0.2) is 53.5 Å². The molecule has 1 fully saturated rings. The minimum atomic E-state index is -4.54. The van der Waals surface area contributed by atoms with Crippen molar-refractivity contribution in [2.75, 3.05) is 20.1 Å². The summed E-state index contributed by atoms with van der Waals surface area (Å²) in [4.78, 5) is 1.49. The Bertz CT molecular complexity index is 303. The zero-order valence-corrected chi connectivity index (χ0v) is 10.1. The standard InChI is InChI=1S/C10H18F3N3O2/c1-16(4-6-2-7(17)3-6)5-8(9(14)15-18)10(11,12)13/h6-8,17-18H,2-5H2,1H3,(H2,14,15). The largest absolute Gasteiger partial charge is 0.409 e. The minimum absolute atomic E-state index is 0.214. The summed E-state index contributed by atoms with van der Waals surface area (Å²) in [6.07, 6.45) is -3.63. The lowest BCUT2D eigenvalue weighted by atomic mass is 9.82. The third-order valence-corrected chi connectivity index (χ3v) is 3.14. The van der Waals surface area contributed by atoms with Crippen LogP contribution in [0.25, 0.3) is 0 Å². The first-order valence-electron chi connectivity index (χ1n) is 5.64. The first-order valence-corrected chi connectivity index (χ1v) is 5.64. The van der Waals surface area contributed by atoms with E-state index >= 15 is 0 Å². The summed E-state index contributed by atoms with van der Waals surface area (Å²) < 4.78 is 38.0. The third-order valence-electron chi connectivity index (χ3n) is 3.14. The summed E-state index contributed by atoms with van der Waals surface area (Å²) in [5, 5.41) is 19.9. The Kier molecular flexibility index (Phi) is 4.80. The number of rotatable bonds is 5. The maximum Gasteiger partial charge on any atom is 0.400 e. The second-order valence-electron chi connectivity index (χ2n) is 4.83. The predicted molar refractivity (Wildman–Crippen MR) is 59.2 cm³/mol. The van der Waals surface area contributed by atoms with Crippen molar-refractivity contribution < 1.29 is 23.5 Å². The van der Waals surface area contributed by atoms with Crippen LogP contribution in [0.15, 0.2) is 5.16 Å². The zero-order chi connectivity index (χ0) is 13.9. The van der Waals surface area contributed by atoms with Gasteiger partial charge in [0.2, 0.25) is 0 Å². The Labute approximate surface area is 103 Å². The van der Waals surface area contributed by atoms with Gasteiger partial charge in [-0.15, -0.1) is 0 Å². The van der Waals surface area contributed by atoms with Gasteiger partial charge in [0.05, 0.1) is 6.10 Å². The lowest BCUT2D eigenvalue weighted by Crippen LogP contribution is -2.46. The van der Waals surface area contributed by atoms with Crippen molar-refractivity contribution in [1.82, 2.24) is 4.90 Å². The number of hydrogen-bond donors (Lipinski definition) is 3. The van der Waals surface area contributed by atoms with Gasteiger partial charge >= 0.3 is 6.18 Å². The van der Waals surface area contributed by atoms with Gasteiger partial charge in [-0.25, -0.2) is 0 Å². The van der Waals surface area contributed by atoms with Crippen molar-refractivity contribution >= 4 is 5.84 Å². The molecule has 5 nitrogen and oxygen atoms in total. The monoisotopic (exact) mass is 269 g/mol. The van der Waals surface area contributed by atoms with Crippen molar-refractivity contribution in [3.05, 3.63) is 0 Å². The highest BCUT2D eigenvalue weighted by molar-refractivity contribution is 5.83. The van der Waals surface area contributed by atoms with E-state index in [9.17, 15) is 13.2 Å². The van der Waals surface area contributed by atoms with Crippen LogP contribution < -0.4 is 5.73 Å². The number of alkyl halides is 3. The molecule has 8 heteroatoms. The molecule has 4 N–H and O–H groups in total. The number of aliphatic hydroxyl groups is 1. The molecule has 0 heterocycles. The minimum Gasteiger partial charge on any atom is -0.409 e. The summed E-state index contributed by atoms with van der Waals surface area (Å²) in [6.45, 7) is 0.105. The summed E-state index contributed by atoms with van der Waals surface area (Å²) in [6, 6.07) is 0. The zero-order valence-electron chi connectivity index (χ0n) is 10.1. The second kappa shape index (κ2) is 5.75. The molecule has 0 bridgehead atoms. The normalized spacial score (nSPS) is 27.1. The number of hydrogen-bond acceptors (Lipinski definition) is 4. The first-order chi connectivity index (χ1) is 8.24. The van der Waals surface area contributed by atoms with Gasteiger partial charge in [0.25, 0.3) is 0 Å². The van der Waals surface area contributed by atoms with Crippen LogP contribution in [0, 0.1) is 11.8 Å². The molecule has 1 rings (SSSR count). The van der Waals surface area contributed by atoms with Gasteiger partial charge in [-0.1, -0.05) is 5.16 Å². The molecule has 1 saturated carbocycles. The van der Waals surface area contributed by atoms with Gasteiger partial charge in [-0.2, -0.15) is 13.2 Å². The fourth-order valence-electron chi connectivity index (χ4n) is 2.11. The first kappa shape index (κ1) is 15.0. The van der Waals surface area contributed by atoms with Crippen molar-refractivity contribution in [2.45, 2.75) is 25.1 Å². The number of amidine groups is 1. The molecular formula is C10H18F3N3O2. The van der Waals surface area contributed by atoms with E-state index in [1.807, 2.05) is 0 Å². The van der Waals surface area contributed by atoms with Gasteiger partial charge in [0.15, 0.2) is 5.84 Å². The molecule has 18 heavy (non-hydrogen) atoms. The highest BCUT2D eigenvalue weighted by Crippen LogP contribution is 2.30. The number of nitrogens with zero attached hydrogens (tertiary/aromatic N) is 2. The fourth-order valence-corrected chi connectivity index (χ4v) is 2.11. The van der Waals surface area contributed by atoms with E-state index in [1.165, 1.54) is 4.90 Å². The van der Waals surface area contributed by atoms with E-state index in [2.05, 4.69) is 5.16 Å². The highest BCUT2D eigenvalue weighted by Gasteiger charge is 2.43. The Morgan fingerprint density at radius 3 is 2.44 bits per heavy atom. The van der Waals surface area contributed by atoms with E-state index in [0.29, 0.717) is 19.4 Å². The van der Waals surface area contributed by atoms with Crippen LogP contribution in [0.1, 0.15) is 12.8 Å². The van der Waals surface area contributed by atoms with E-state index < -0.39 is 17.9 Å². The topological polar surface area (TPSA) is 82.1 Å². The third kappa shape index (κ3) is 4.02. The Hall–Kier alpha value is -1.02. The van der Waals surface area contributed by atoms with Crippen LogP contribution >= 0.6 is 0 Å². The molecule has 1 aliphatic carbocycles. The van der Waals surface area contributed by atoms with Gasteiger partial charge in [-0.3, -0.25) is 0 Å². The maximum absolute atomic E-state index is 12.7. The van der Waals surface area contributed by atoms with Gasteiger partial charge in [-0.05, 0) is 25.8 Å². The molecule has 0 aromatic rings. The quantitative estimate of drug-likeness (QED) is 0.296. The number of nitrogens with two attached hydrogens (primary N) is 1. The second-order valence-corrected chi connectivity index (χ2v) is 4.83. The molecule has 0 aromatic carbocycles. The summed E-state index contributed by atoms with van der Waals surface area (Å²) in [5.41, 5.74) is 5.06. The number of aliphatic hydroxyl groups excluding tert-OH is 1. The summed E-state index contributed by atoms with van der Waals surface area (Å²) in [5.74, 6) is -2.59. The number of oxime groups is 1. The average Bonchev–Trinajstić information content (AvgIpc) is 2.21. The molecule has 0 aliphatic heterocycles. The van der Waals surface area contributed by atoms with Crippen LogP contribution in [0.2, 0.25) is 0 Å². The Morgan fingerprint density at radius 1 is 1.50 bits per heavy atom. The average molecular weight is 269 g/mol. The summed E-state index contributed by atoms with van der Waals surface area (Å²) in [7, 11) is 1.55. The van der Waals surface area contributed by atoms with Crippen LogP contribution in [-0.2, 0) is 0 Å². The van der Waals surface area contributed by atoms with Crippen LogP contribution in [0.4, 0.5) is 13.2 Å². The molecule has 0 radical (unpaired) electrons. The highest BCUT2D eigenvalue weighted by atomic mass is 19.4. The SMILES string of the molecule is CN(CC1CC(O)C1)CC(C(N)=NO)C(F)(F)F. The van der Waals surface area contributed by atoms with E-state index in [0.717, 1.165) is 0 Å². The maximum atomic E-state index is 12.7. The number of halogens is 3. The van der Waals surface area contributed by atoms with E-state index in [1.54, 1.807) is 7.05 Å². The molecular weight excluding hydrogens is 251 g/mol. The van der Waals surface area contributed by atoms with Crippen molar-refractivity contribution in [3.8, 4) is 0 Å². The summed E-state index contributed by atoms with van der Waals surface area (Å²) >= 11 is 0. The van der Waals surface area contributed by atoms with Gasteiger partial charge in [0, 0.05) is 13.1 Å². The molecule has 1 atom stereocenters. The van der Waals surface area contributed by atoms with Crippen LogP contribution in [0.5, 0.6) is 0 Å². The lowest BCUT2D eigenvalue weighted by molar-refractivity contribution is -0.160. The molecule has 0 saturated heterocycles. The molecule has 0 spiro atoms. The molecule has 1 unspecified atom stereocenters. The van der Waals surface area contributed by atoms with Gasteiger partial charge < -0.3 is 20.9 Å². The fraction of sp³-hybridized carbons (Fsp3) is 0.900. The van der Waals surface area contributed by atoms with Crippen molar-refractivity contribution in [1.29, 1.82) is 0 Å². The van der Waals surface area contributed by atoms with Crippen molar-refractivity contribution in [3.63, 3.8) is 0 Å². The van der Waals surface area contributed by atoms with Gasteiger partial charge in [0.1, 0.15) is 5.92 Å². The molecule has 1 aliphatic rings.